The highest BCUT2D eigenvalue weighted by Crippen LogP contribution is 2.18. The number of hydrogen-bond acceptors (Lipinski definition) is 2. The van der Waals surface area contributed by atoms with Gasteiger partial charge in [-0.2, -0.15) is 0 Å². The van der Waals surface area contributed by atoms with E-state index < -0.39 is 10.0 Å². The minimum atomic E-state index is -3.45. The van der Waals surface area contributed by atoms with Crippen molar-refractivity contribution in [3.05, 3.63) is 29.3 Å². The van der Waals surface area contributed by atoms with Crippen LogP contribution in [0.25, 0.3) is 0 Å². The molecule has 1 aromatic carbocycles. The molecule has 0 spiro atoms. The lowest BCUT2D eigenvalue weighted by Crippen LogP contribution is -2.35. The summed E-state index contributed by atoms with van der Waals surface area (Å²) in [6.07, 6.45) is 0. The van der Waals surface area contributed by atoms with Gasteiger partial charge >= 0.3 is 0 Å². The molecule has 0 aliphatic carbocycles. The van der Waals surface area contributed by atoms with Crippen LogP contribution >= 0.6 is 11.6 Å². The highest BCUT2D eigenvalue weighted by molar-refractivity contribution is 7.89. The van der Waals surface area contributed by atoms with Gasteiger partial charge in [0.2, 0.25) is 10.0 Å². The first kappa shape index (κ1) is 15.5. The van der Waals surface area contributed by atoms with Crippen LogP contribution in [0, 0.1) is 19.3 Å². The van der Waals surface area contributed by atoms with Crippen LogP contribution in [0.5, 0.6) is 0 Å². The van der Waals surface area contributed by atoms with Gasteiger partial charge in [0.05, 0.1) is 4.90 Å². The predicted molar refractivity (Wildman–Crippen MR) is 75.6 cm³/mol. The lowest BCUT2D eigenvalue weighted by molar-refractivity contribution is 0.414. The molecule has 0 heterocycles. The van der Waals surface area contributed by atoms with E-state index in [1.165, 1.54) is 0 Å². The normalized spacial score (nSPS) is 12.7. The first-order valence-corrected chi connectivity index (χ1v) is 7.83. The summed E-state index contributed by atoms with van der Waals surface area (Å²) >= 11 is 5.78. The van der Waals surface area contributed by atoms with E-state index in [9.17, 15) is 8.42 Å². The second kappa shape index (κ2) is 5.59. The van der Waals surface area contributed by atoms with Gasteiger partial charge in [0.15, 0.2) is 0 Å². The molecule has 0 unspecified atom stereocenters. The minimum Gasteiger partial charge on any atom is -0.211 e. The topological polar surface area (TPSA) is 46.2 Å². The SMILES string of the molecule is Cc1ccc(S(=O)(=O)NCC(C)(C)CCl)cc1C. The molecule has 0 aliphatic heterocycles. The van der Waals surface area contributed by atoms with Crippen molar-refractivity contribution < 1.29 is 8.42 Å². The van der Waals surface area contributed by atoms with Crippen LogP contribution in [0.1, 0.15) is 25.0 Å². The molecule has 1 N–H and O–H groups in total. The van der Waals surface area contributed by atoms with E-state index in [1.54, 1.807) is 12.1 Å². The quantitative estimate of drug-likeness (QED) is 0.847. The second-order valence-corrected chi connectivity index (χ2v) is 7.40. The Balaban J connectivity index is 2.90. The Hall–Kier alpha value is -0.580. The first-order valence-electron chi connectivity index (χ1n) is 5.81. The van der Waals surface area contributed by atoms with Crippen LogP contribution in [0.3, 0.4) is 0 Å². The molecule has 0 saturated carbocycles. The number of rotatable bonds is 5. The Labute approximate surface area is 115 Å². The van der Waals surface area contributed by atoms with Crippen molar-refractivity contribution in [1.29, 1.82) is 0 Å². The fourth-order valence-electron chi connectivity index (χ4n) is 1.30. The molecule has 1 aromatic rings. The van der Waals surface area contributed by atoms with E-state index in [-0.39, 0.29) is 5.41 Å². The number of benzene rings is 1. The second-order valence-electron chi connectivity index (χ2n) is 5.37. The fraction of sp³-hybridized carbons (Fsp3) is 0.538. The lowest BCUT2D eigenvalue weighted by Gasteiger charge is -2.21. The standard InChI is InChI=1S/C13H20ClNO2S/c1-10-5-6-12(7-11(10)2)18(16,17)15-9-13(3,4)8-14/h5-7,15H,8-9H2,1-4H3. The van der Waals surface area contributed by atoms with Gasteiger partial charge in [-0.1, -0.05) is 19.9 Å². The molecule has 0 fully saturated rings. The van der Waals surface area contributed by atoms with Gasteiger partial charge in [-0.05, 0) is 42.5 Å². The highest BCUT2D eigenvalue weighted by Gasteiger charge is 2.21. The van der Waals surface area contributed by atoms with Gasteiger partial charge in [-0.15, -0.1) is 11.6 Å². The lowest BCUT2D eigenvalue weighted by atomic mass is 9.97. The highest BCUT2D eigenvalue weighted by atomic mass is 35.5. The maximum absolute atomic E-state index is 12.1. The summed E-state index contributed by atoms with van der Waals surface area (Å²) in [7, 11) is -3.45. The Morgan fingerprint density at radius 2 is 1.83 bits per heavy atom. The van der Waals surface area contributed by atoms with Gasteiger partial charge in [-0.25, -0.2) is 13.1 Å². The maximum Gasteiger partial charge on any atom is 0.240 e. The predicted octanol–water partition coefficient (Wildman–Crippen LogP) is 2.85. The third-order valence-corrected chi connectivity index (χ3v) is 5.01. The van der Waals surface area contributed by atoms with Crippen molar-refractivity contribution >= 4 is 21.6 Å². The Kier molecular flexibility index (Phi) is 4.81. The number of sulfonamides is 1. The summed E-state index contributed by atoms with van der Waals surface area (Å²) < 4.78 is 26.8. The fourth-order valence-corrected chi connectivity index (χ4v) is 2.72. The largest absolute Gasteiger partial charge is 0.240 e. The third kappa shape index (κ3) is 3.97. The zero-order valence-corrected chi connectivity index (χ0v) is 12.8. The Morgan fingerprint density at radius 3 is 2.33 bits per heavy atom. The summed E-state index contributed by atoms with van der Waals surface area (Å²) in [6.45, 7) is 8.02. The van der Waals surface area contributed by atoms with E-state index in [0.29, 0.717) is 17.3 Å². The van der Waals surface area contributed by atoms with Crippen LogP contribution in [-0.2, 0) is 10.0 Å². The summed E-state index contributed by atoms with van der Waals surface area (Å²) in [4.78, 5) is 0.302. The molecule has 0 amide bonds. The van der Waals surface area contributed by atoms with Gasteiger partial charge < -0.3 is 0 Å². The molecule has 18 heavy (non-hydrogen) atoms. The summed E-state index contributed by atoms with van der Waals surface area (Å²) in [5.74, 6) is 0.405. The van der Waals surface area contributed by atoms with Crippen molar-refractivity contribution in [2.24, 2.45) is 5.41 Å². The first-order chi connectivity index (χ1) is 8.18. The van der Waals surface area contributed by atoms with Crippen LogP contribution in [0.2, 0.25) is 0 Å². The van der Waals surface area contributed by atoms with E-state index in [4.69, 9.17) is 11.6 Å². The number of halogens is 1. The third-order valence-electron chi connectivity index (χ3n) is 2.89. The summed E-state index contributed by atoms with van der Waals surface area (Å²) in [5, 5.41) is 0. The van der Waals surface area contributed by atoms with Crippen molar-refractivity contribution in [3.8, 4) is 0 Å². The smallest absolute Gasteiger partial charge is 0.211 e. The molecule has 3 nitrogen and oxygen atoms in total. The monoisotopic (exact) mass is 289 g/mol. The zero-order valence-electron chi connectivity index (χ0n) is 11.2. The van der Waals surface area contributed by atoms with E-state index in [2.05, 4.69) is 4.72 Å². The van der Waals surface area contributed by atoms with Gasteiger partial charge in [0.1, 0.15) is 0 Å². The van der Waals surface area contributed by atoms with Crippen molar-refractivity contribution in [2.45, 2.75) is 32.6 Å². The van der Waals surface area contributed by atoms with Gasteiger partial charge in [0.25, 0.3) is 0 Å². The minimum absolute atomic E-state index is 0.256. The molecule has 0 bridgehead atoms. The van der Waals surface area contributed by atoms with E-state index in [1.807, 2.05) is 33.8 Å². The molecule has 102 valence electrons. The Bertz CT molecular complexity index is 524. The average molecular weight is 290 g/mol. The number of hydrogen-bond donors (Lipinski definition) is 1. The van der Waals surface area contributed by atoms with Gasteiger partial charge in [0, 0.05) is 12.4 Å². The molecule has 1 rings (SSSR count). The van der Waals surface area contributed by atoms with Crippen LogP contribution < -0.4 is 4.72 Å². The van der Waals surface area contributed by atoms with Crippen molar-refractivity contribution in [2.75, 3.05) is 12.4 Å². The Morgan fingerprint density at radius 1 is 1.22 bits per heavy atom. The molecule has 0 aromatic heterocycles. The molecule has 0 radical (unpaired) electrons. The molecule has 0 atom stereocenters. The van der Waals surface area contributed by atoms with Crippen molar-refractivity contribution in [3.63, 3.8) is 0 Å². The number of alkyl halides is 1. The summed E-state index contributed by atoms with van der Waals surface area (Å²) in [6, 6.07) is 5.13. The van der Waals surface area contributed by atoms with Crippen LogP contribution in [-0.4, -0.2) is 20.8 Å². The number of nitrogens with one attached hydrogen (secondary N) is 1. The molecule has 0 aliphatic rings. The summed E-state index contributed by atoms with van der Waals surface area (Å²) in [5.41, 5.74) is 1.79. The zero-order chi connectivity index (χ0) is 14.0. The maximum atomic E-state index is 12.1. The van der Waals surface area contributed by atoms with Gasteiger partial charge in [-0.3, -0.25) is 0 Å². The average Bonchev–Trinajstić information content (AvgIpc) is 2.30. The molecular weight excluding hydrogens is 270 g/mol. The van der Waals surface area contributed by atoms with E-state index >= 15 is 0 Å². The van der Waals surface area contributed by atoms with Crippen LogP contribution in [0.4, 0.5) is 0 Å². The van der Waals surface area contributed by atoms with Crippen LogP contribution in [0.15, 0.2) is 23.1 Å². The molecule has 0 saturated heterocycles. The van der Waals surface area contributed by atoms with Crippen molar-refractivity contribution in [1.82, 2.24) is 4.72 Å². The number of aryl methyl sites for hydroxylation is 2. The molecular formula is C13H20ClNO2S. The molecule has 5 heteroatoms. The van der Waals surface area contributed by atoms with E-state index in [0.717, 1.165) is 11.1 Å².